The van der Waals surface area contributed by atoms with Crippen LogP contribution < -0.4 is 14.2 Å². The van der Waals surface area contributed by atoms with Crippen molar-refractivity contribution < 1.29 is 19.0 Å². The molecule has 0 N–H and O–H groups in total. The number of carbonyl (C=O) groups excluding carboxylic acids is 1. The van der Waals surface area contributed by atoms with Gasteiger partial charge in [0.25, 0.3) is 5.91 Å². The second kappa shape index (κ2) is 7.42. The molecule has 6 nitrogen and oxygen atoms in total. The summed E-state index contributed by atoms with van der Waals surface area (Å²) in [6.45, 7) is 1.44. The van der Waals surface area contributed by atoms with Crippen molar-refractivity contribution in [3.05, 3.63) is 47.7 Å². The molecule has 0 radical (unpaired) electrons. The van der Waals surface area contributed by atoms with Gasteiger partial charge >= 0.3 is 0 Å². The highest BCUT2D eigenvalue weighted by atomic mass is 16.5. The number of ether oxygens (including phenoxy) is 3. The summed E-state index contributed by atoms with van der Waals surface area (Å²) in [7, 11) is 4.81. The minimum Gasteiger partial charge on any atom is -0.497 e. The summed E-state index contributed by atoms with van der Waals surface area (Å²) in [4.78, 5) is 18.5. The first kappa shape index (κ1) is 17.1. The van der Waals surface area contributed by atoms with Gasteiger partial charge in [0.05, 0.1) is 21.3 Å². The molecule has 2 heterocycles. The second-order valence-electron chi connectivity index (χ2n) is 6.06. The molecule has 1 aliphatic rings. The number of amides is 1. The van der Waals surface area contributed by atoms with Crippen molar-refractivity contribution in [1.82, 2.24) is 9.88 Å². The first-order valence-corrected chi connectivity index (χ1v) is 8.14. The second-order valence-corrected chi connectivity index (χ2v) is 6.06. The predicted molar refractivity (Wildman–Crippen MR) is 93.4 cm³/mol. The summed E-state index contributed by atoms with van der Waals surface area (Å²) < 4.78 is 15.8. The molecule has 132 valence electrons. The lowest BCUT2D eigenvalue weighted by Crippen LogP contribution is -2.50. The van der Waals surface area contributed by atoms with Gasteiger partial charge in [0, 0.05) is 25.4 Å². The Morgan fingerprint density at radius 2 is 1.80 bits per heavy atom. The summed E-state index contributed by atoms with van der Waals surface area (Å²) in [5.74, 6) is 2.31. The Kier molecular flexibility index (Phi) is 5.07. The average molecular weight is 342 g/mol. The van der Waals surface area contributed by atoms with Crippen molar-refractivity contribution in [1.29, 1.82) is 0 Å². The van der Waals surface area contributed by atoms with Crippen molar-refractivity contribution in [2.24, 2.45) is 5.92 Å². The van der Waals surface area contributed by atoms with Gasteiger partial charge in [-0.05, 0) is 42.2 Å². The van der Waals surface area contributed by atoms with Crippen molar-refractivity contribution >= 4 is 5.91 Å². The van der Waals surface area contributed by atoms with E-state index in [2.05, 4.69) is 4.98 Å². The normalized spacial score (nSPS) is 14.0. The van der Waals surface area contributed by atoms with E-state index in [1.807, 2.05) is 23.1 Å². The monoisotopic (exact) mass is 342 g/mol. The van der Waals surface area contributed by atoms with Gasteiger partial charge in [0.2, 0.25) is 5.88 Å². The van der Waals surface area contributed by atoms with Gasteiger partial charge in [-0.3, -0.25) is 4.79 Å². The van der Waals surface area contributed by atoms with Gasteiger partial charge in [0.1, 0.15) is 17.1 Å². The van der Waals surface area contributed by atoms with Crippen LogP contribution in [0.1, 0.15) is 15.9 Å². The third kappa shape index (κ3) is 3.68. The Balaban J connectivity index is 1.62. The Morgan fingerprint density at radius 3 is 2.40 bits per heavy atom. The van der Waals surface area contributed by atoms with Crippen molar-refractivity contribution in [2.75, 3.05) is 34.4 Å². The van der Waals surface area contributed by atoms with Gasteiger partial charge in [-0.15, -0.1) is 0 Å². The first-order valence-electron chi connectivity index (χ1n) is 8.14. The van der Waals surface area contributed by atoms with Crippen molar-refractivity contribution in [2.45, 2.75) is 6.42 Å². The topological polar surface area (TPSA) is 60.9 Å². The number of likely N-dealkylation sites (tertiary alicyclic amines) is 1. The highest BCUT2D eigenvalue weighted by Gasteiger charge is 2.32. The van der Waals surface area contributed by atoms with Crippen LogP contribution in [0.4, 0.5) is 0 Å². The van der Waals surface area contributed by atoms with Crippen LogP contribution >= 0.6 is 0 Å². The van der Waals surface area contributed by atoms with Gasteiger partial charge in [-0.25, -0.2) is 4.98 Å². The molecule has 25 heavy (non-hydrogen) atoms. The molecule has 0 aliphatic carbocycles. The zero-order chi connectivity index (χ0) is 17.8. The fourth-order valence-electron chi connectivity index (χ4n) is 3.07. The maximum absolute atomic E-state index is 12.6. The highest BCUT2D eigenvalue weighted by molar-refractivity contribution is 5.96. The maximum Gasteiger partial charge on any atom is 0.259 e. The van der Waals surface area contributed by atoms with Crippen LogP contribution in [0.5, 0.6) is 17.4 Å². The van der Waals surface area contributed by atoms with Gasteiger partial charge in [-0.1, -0.05) is 0 Å². The Labute approximate surface area is 147 Å². The number of hydrogen-bond donors (Lipinski definition) is 0. The minimum atomic E-state index is -0.0376. The van der Waals surface area contributed by atoms with Crippen molar-refractivity contribution in [3.63, 3.8) is 0 Å². The number of benzene rings is 1. The fraction of sp³-hybridized carbons (Fsp3) is 0.368. The number of methoxy groups -OCH3 is 3. The molecular weight excluding hydrogens is 320 g/mol. The molecule has 1 saturated heterocycles. The third-order valence-electron chi connectivity index (χ3n) is 4.37. The van der Waals surface area contributed by atoms with Crippen LogP contribution in [0.2, 0.25) is 0 Å². The first-order chi connectivity index (χ1) is 12.1. The summed E-state index contributed by atoms with van der Waals surface area (Å²) in [6, 6.07) is 9.37. The van der Waals surface area contributed by atoms with E-state index in [1.165, 1.54) is 7.11 Å². The molecular formula is C19H22N2O4. The number of nitrogens with zero attached hydrogens (tertiary/aromatic N) is 2. The van der Waals surface area contributed by atoms with Crippen LogP contribution in [0.25, 0.3) is 0 Å². The fourth-order valence-corrected chi connectivity index (χ4v) is 3.07. The molecule has 0 spiro atoms. The number of rotatable bonds is 6. The van der Waals surface area contributed by atoms with E-state index in [1.54, 1.807) is 32.5 Å². The zero-order valence-corrected chi connectivity index (χ0v) is 14.7. The SMILES string of the molecule is COc1cc(CC2CN(C(=O)c3cccnc3OC)C2)cc(OC)c1. The summed E-state index contributed by atoms with van der Waals surface area (Å²) >= 11 is 0. The lowest BCUT2D eigenvalue weighted by atomic mass is 9.91. The lowest BCUT2D eigenvalue weighted by Gasteiger charge is -2.39. The zero-order valence-electron chi connectivity index (χ0n) is 14.7. The Morgan fingerprint density at radius 1 is 1.12 bits per heavy atom. The average Bonchev–Trinajstić information content (AvgIpc) is 2.63. The van der Waals surface area contributed by atoms with E-state index in [0.717, 1.165) is 36.6 Å². The number of carbonyl (C=O) groups is 1. The largest absolute Gasteiger partial charge is 0.497 e. The molecule has 2 aromatic rings. The van der Waals surface area contributed by atoms with E-state index in [9.17, 15) is 4.79 Å². The standard InChI is InChI=1S/C19H22N2O4/c1-23-15-8-13(9-16(10-15)24-2)7-14-11-21(12-14)19(22)17-5-4-6-20-18(17)25-3/h4-6,8-10,14H,7,11-12H2,1-3H3. The van der Waals surface area contributed by atoms with E-state index >= 15 is 0 Å². The van der Waals surface area contributed by atoms with E-state index in [0.29, 0.717) is 17.4 Å². The Bertz CT molecular complexity index is 735. The van der Waals surface area contributed by atoms with Crippen LogP contribution in [-0.4, -0.2) is 50.2 Å². The molecule has 1 aromatic carbocycles. The molecule has 1 aliphatic heterocycles. The van der Waals surface area contributed by atoms with E-state index in [4.69, 9.17) is 14.2 Å². The predicted octanol–water partition coefficient (Wildman–Crippen LogP) is 2.42. The highest BCUT2D eigenvalue weighted by Crippen LogP contribution is 2.28. The van der Waals surface area contributed by atoms with Crippen LogP contribution in [-0.2, 0) is 6.42 Å². The van der Waals surface area contributed by atoms with E-state index in [-0.39, 0.29) is 5.91 Å². The molecule has 0 unspecified atom stereocenters. The molecule has 6 heteroatoms. The van der Waals surface area contributed by atoms with Gasteiger partial charge in [0.15, 0.2) is 0 Å². The minimum absolute atomic E-state index is 0.0376. The van der Waals surface area contributed by atoms with Gasteiger partial charge < -0.3 is 19.1 Å². The molecule has 1 aromatic heterocycles. The Hall–Kier alpha value is -2.76. The van der Waals surface area contributed by atoms with Crippen molar-refractivity contribution in [3.8, 4) is 17.4 Å². The molecule has 0 atom stereocenters. The molecule has 3 rings (SSSR count). The molecule has 0 bridgehead atoms. The summed E-state index contributed by atoms with van der Waals surface area (Å²) in [6.07, 6.45) is 2.49. The third-order valence-corrected chi connectivity index (χ3v) is 4.37. The smallest absolute Gasteiger partial charge is 0.259 e. The van der Waals surface area contributed by atoms with Gasteiger partial charge in [-0.2, -0.15) is 0 Å². The van der Waals surface area contributed by atoms with Crippen LogP contribution in [0.15, 0.2) is 36.5 Å². The maximum atomic E-state index is 12.6. The molecule has 1 amide bonds. The molecule has 1 fully saturated rings. The lowest BCUT2D eigenvalue weighted by molar-refractivity contribution is 0.0497. The number of hydrogen-bond acceptors (Lipinski definition) is 5. The number of aromatic nitrogens is 1. The summed E-state index contributed by atoms with van der Waals surface area (Å²) in [5.41, 5.74) is 1.65. The van der Waals surface area contributed by atoms with Crippen LogP contribution in [0, 0.1) is 5.92 Å². The van der Waals surface area contributed by atoms with E-state index < -0.39 is 0 Å². The number of pyridine rings is 1. The molecule has 0 saturated carbocycles. The summed E-state index contributed by atoms with van der Waals surface area (Å²) in [5, 5.41) is 0. The van der Waals surface area contributed by atoms with Crippen LogP contribution in [0.3, 0.4) is 0 Å². The quantitative estimate of drug-likeness (QED) is 0.807.